The first kappa shape index (κ1) is 66.8. The molecule has 6 heteroatoms. The average molecular weight is 984 g/mol. The fraction of sp³-hybridized carbons (Fsp3) is 0.646. The van der Waals surface area contributed by atoms with E-state index in [1.165, 1.54) is 70.6 Å². The molecule has 0 bridgehead atoms. The third-order valence-electron chi connectivity index (χ3n) is 12.0. The molecule has 1 unspecified atom stereocenters. The lowest BCUT2D eigenvalue weighted by Gasteiger charge is -2.18. The Morgan fingerprint density at radius 1 is 0.296 bits per heavy atom. The topological polar surface area (TPSA) is 78.9 Å². The van der Waals surface area contributed by atoms with E-state index in [-0.39, 0.29) is 31.1 Å². The summed E-state index contributed by atoms with van der Waals surface area (Å²) >= 11 is 0. The second-order valence-electron chi connectivity index (χ2n) is 18.8. The van der Waals surface area contributed by atoms with Gasteiger partial charge < -0.3 is 14.2 Å². The van der Waals surface area contributed by atoms with Crippen LogP contribution in [0.25, 0.3) is 0 Å². The molecule has 0 aromatic heterocycles. The largest absolute Gasteiger partial charge is 0.462 e. The monoisotopic (exact) mass is 983 g/mol. The van der Waals surface area contributed by atoms with Gasteiger partial charge in [-0.1, -0.05) is 245 Å². The predicted octanol–water partition coefficient (Wildman–Crippen LogP) is 19.6. The van der Waals surface area contributed by atoms with Gasteiger partial charge in [-0.3, -0.25) is 14.4 Å². The van der Waals surface area contributed by atoms with Crippen LogP contribution in [0.5, 0.6) is 0 Å². The summed E-state index contributed by atoms with van der Waals surface area (Å²) in [7, 11) is 0. The number of esters is 3. The summed E-state index contributed by atoms with van der Waals surface area (Å²) in [6, 6.07) is 0. The molecular weight excluding hydrogens is 877 g/mol. The second-order valence-corrected chi connectivity index (χ2v) is 18.8. The summed E-state index contributed by atoms with van der Waals surface area (Å²) in [5.41, 5.74) is 0. The Morgan fingerprint density at radius 2 is 0.549 bits per heavy atom. The Balaban J connectivity index is 4.36. The van der Waals surface area contributed by atoms with E-state index in [1.807, 2.05) is 0 Å². The highest BCUT2D eigenvalue weighted by atomic mass is 16.6. The second kappa shape index (κ2) is 58.4. The van der Waals surface area contributed by atoms with E-state index in [0.717, 1.165) is 141 Å². The van der Waals surface area contributed by atoms with Gasteiger partial charge in [0.15, 0.2) is 6.10 Å². The maximum Gasteiger partial charge on any atom is 0.306 e. The van der Waals surface area contributed by atoms with Gasteiger partial charge in [0.2, 0.25) is 0 Å². The van der Waals surface area contributed by atoms with Crippen LogP contribution in [0.3, 0.4) is 0 Å². The maximum atomic E-state index is 12.9. The van der Waals surface area contributed by atoms with E-state index >= 15 is 0 Å². The van der Waals surface area contributed by atoms with Crippen molar-refractivity contribution in [1.82, 2.24) is 0 Å². The lowest BCUT2D eigenvalue weighted by atomic mass is 10.1. The Hall–Kier alpha value is -4.19. The van der Waals surface area contributed by atoms with Crippen molar-refractivity contribution in [2.45, 2.75) is 258 Å². The van der Waals surface area contributed by atoms with Crippen LogP contribution in [0.2, 0.25) is 0 Å². The maximum absolute atomic E-state index is 12.9. The minimum atomic E-state index is -0.795. The van der Waals surface area contributed by atoms with Crippen LogP contribution in [-0.2, 0) is 28.6 Å². The van der Waals surface area contributed by atoms with Crippen LogP contribution in [0.15, 0.2) is 122 Å². The van der Waals surface area contributed by atoms with E-state index in [2.05, 4.69) is 142 Å². The number of hydrogen-bond donors (Lipinski definition) is 0. The lowest BCUT2D eigenvalue weighted by molar-refractivity contribution is -0.167. The van der Waals surface area contributed by atoms with Gasteiger partial charge in [0.25, 0.3) is 0 Å². The third kappa shape index (κ3) is 56.6. The van der Waals surface area contributed by atoms with Crippen LogP contribution in [0.1, 0.15) is 252 Å². The molecule has 0 aromatic carbocycles. The molecule has 0 N–H and O–H groups in total. The third-order valence-corrected chi connectivity index (χ3v) is 12.0. The molecule has 0 heterocycles. The Morgan fingerprint density at radius 3 is 0.859 bits per heavy atom. The molecule has 402 valence electrons. The normalized spacial score (nSPS) is 13.0. The van der Waals surface area contributed by atoms with Gasteiger partial charge in [-0.25, -0.2) is 0 Å². The molecule has 0 saturated carbocycles. The van der Waals surface area contributed by atoms with Crippen molar-refractivity contribution in [2.24, 2.45) is 0 Å². The van der Waals surface area contributed by atoms with Crippen molar-refractivity contribution in [3.05, 3.63) is 122 Å². The molecule has 0 spiro atoms. The van der Waals surface area contributed by atoms with E-state index in [9.17, 15) is 14.4 Å². The molecule has 0 aliphatic carbocycles. The molecule has 71 heavy (non-hydrogen) atoms. The molecule has 0 rings (SSSR count). The molecule has 0 fully saturated rings. The van der Waals surface area contributed by atoms with Crippen molar-refractivity contribution in [3.63, 3.8) is 0 Å². The highest BCUT2D eigenvalue weighted by molar-refractivity contribution is 5.71. The van der Waals surface area contributed by atoms with Gasteiger partial charge in [0.1, 0.15) is 13.2 Å². The number of carbonyl (C=O) groups is 3. The lowest BCUT2D eigenvalue weighted by Crippen LogP contribution is -2.30. The summed E-state index contributed by atoms with van der Waals surface area (Å²) in [6.45, 7) is 6.36. The number of unbranched alkanes of at least 4 members (excludes halogenated alkanes) is 20. The SMILES string of the molecule is CC/C=C\C/C=C\C/C=C\C/C=C\C/C=C\C/C=C\CCCCCCC(=O)OCC(COC(=O)CCCCCCCCCCC)OC(=O)CCCCCCCCCC/C=C\C/C=C\C/C=C\C/C=C\CC. The number of rotatable bonds is 51. The fourth-order valence-corrected chi connectivity index (χ4v) is 7.67. The zero-order valence-corrected chi connectivity index (χ0v) is 45.9. The quantitative estimate of drug-likeness (QED) is 0.0261. The minimum Gasteiger partial charge on any atom is -0.462 e. The molecule has 0 amide bonds. The smallest absolute Gasteiger partial charge is 0.306 e. The number of carbonyl (C=O) groups excluding carboxylic acids is 3. The van der Waals surface area contributed by atoms with E-state index in [1.54, 1.807) is 0 Å². The molecule has 0 aliphatic heterocycles. The van der Waals surface area contributed by atoms with Crippen LogP contribution in [0.4, 0.5) is 0 Å². The van der Waals surface area contributed by atoms with Crippen LogP contribution in [-0.4, -0.2) is 37.2 Å². The predicted molar refractivity (Wildman–Crippen MR) is 306 cm³/mol. The number of ether oxygens (including phenoxy) is 3. The van der Waals surface area contributed by atoms with Crippen molar-refractivity contribution < 1.29 is 28.6 Å². The van der Waals surface area contributed by atoms with Crippen LogP contribution in [0, 0.1) is 0 Å². The average Bonchev–Trinajstić information content (AvgIpc) is 3.37. The van der Waals surface area contributed by atoms with Crippen molar-refractivity contribution in [3.8, 4) is 0 Å². The Kier molecular flexibility index (Phi) is 54.9. The standard InChI is InChI=1S/C65H106O6/c1-4-7-10-13-16-19-21-23-25-27-29-31-32-34-35-37-39-41-43-46-49-52-55-58-64(67)70-61-62(60-69-63(66)57-54-51-48-45-18-15-12-9-6-3)71-65(68)59-56-53-50-47-44-42-40-38-36-33-30-28-26-24-22-20-17-14-11-8-5-2/h7-8,10-11,16-17,19-20,23-26,29-31,33-35,39,41,62H,4-6,9,12-15,18,21-22,27-28,32,36-38,40,42-61H2,1-3H3/b10-7-,11-8-,19-16-,20-17-,25-23-,26-24-,31-29-,33-30-,35-34-,41-39-. The van der Waals surface area contributed by atoms with Gasteiger partial charge in [-0.15, -0.1) is 0 Å². The highest BCUT2D eigenvalue weighted by Crippen LogP contribution is 2.14. The summed E-state index contributed by atoms with van der Waals surface area (Å²) in [5.74, 6) is -0.929. The number of allylic oxidation sites excluding steroid dienone is 20. The van der Waals surface area contributed by atoms with E-state index in [0.29, 0.717) is 19.3 Å². The molecule has 0 aromatic rings. The van der Waals surface area contributed by atoms with Gasteiger partial charge >= 0.3 is 17.9 Å². The Bertz CT molecular complexity index is 1500. The fourth-order valence-electron chi connectivity index (χ4n) is 7.67. The first-order valence-corrected chi connectivity index (χ1v) is 29.0. The van der Waals surface area contributed by atoms with E-state index in [4.69, 9.17) is 14.2 Å². The highest BCUT2D eigenvalue weighted by Gasteiger charge is 2.19. The molecule has 6 nitrogen and oxygen atoms in total. The van der Waals surface area contributed by atoms with Crippen molar-refractivity contribution in [2.75, 3.05) is 13.2 Å². The first-order valence-electron chi connectivity index (χ1n) is 29.0. The molecule has 0 saturated heterocycles. The zero-order valence-electron chi connectivity index (χ0n) is 45.9. The molecule has 0 radical (unpaired) electrons. The summed E-state index contributed by atoms with van der Waals surface area (Å²) in [6.07, 6.45) is 80.5. The van der Waals surface area contributed by atoms with Crippen molar-refractivity contribution in [1.29, 1.82) is 0 Å². The summed E-state index contributed by atoms with van der Waals surface area (Å²) in [4.78, 5) is 38.1. The zero-order chi connectivity index (χ0) is 51.4. The number of hydrogen-bond acceptors (Lipinski definition) is 6. The van der Waals surface area contributed by atoms with Crippen molar-refractivity contribution >= 4 is 17.9 Å². The van der Waals surface area contributed by atoms with Gasteiger partial charge in [0, 0.05) is 19.3 Å². The molecule has 0 aliphatic rings. The summed E-state index contributed by atoms with van der Waals surface area (Å²) in [5, 5.41) is 0. The molecular formula is C65H106O6. The Labute approximate surface area is 437 Å². The molecule has 1 atom stereocenters. The van der Waals surface area contributed by atoms with Crippen LogP contribution < -0.4 is 0 Å². The van der Waals surface area contributed by atoms with E-state index < -0.39 is 6.10 Å². The minimum absolute atomic E-state index is 0.0911. The first-order chi connectivity index (χ1) is 35.0. The van der Waals surface area contributed by atoms with Gasteiger partial charge in [0.05, 0.1) is 0 Å². The van der Waals surface area contributed by atoms with Gasteiger partial charge in [-0.05, 0) is 109 Å². The summed E-state index contributed by atoms with van der Waals surface area (Å²) < 4.78 is 16.8. The van der Waals surface area contributed by atoms with Crippen LogP contribution >= 0.6 is 0 Å². The van der Waals surface area contributed by atoms with Gasteiger partial charge in [-0.2, -0.15) is 0 Å².